The zero-order valence-corrected chi connectivity index (χ0v) is 6.27. The minimum absolute atomic E-state index is 0.892. The van der Waals surface area contributed by atoms with Crippen LogP contribution in [0.5, 0.6) is 0 Å². The summed E-state index contributed by atoms with van der Waals surface area (Å²) in [6.45, 7) is 0. The highest BCUT2D eigenvalue weighted by molar-refractivity contribution is 5.84. The Morgan fingerprint density at radius 2 is 2.17 bits per heavy atom. The van der Waals surface area contributed by atoms with Crippen LogP contribution in [0.2, 0.25) is 0 Å². The molecule has 0 amide bonds. The second-order valence-electron chi connectivity index (χ2n) is 2.67. The molecule has 0 fully saturated rings. The molecule has 58 valence electrons. The minimum Gasteiger partial charge on any atom is -0.350 e. The molecule has 3 nitrogen and oxygen atoms in total. The molecule has 0 aliphatic carbocycles. The molecule has 2 heterocycles. The summed E-state index contributed by atoms with van der Waals surface area (Å²) >= 11 is 0. The molecule has 0 saturated carbocycles. The number of fused-ring (bicyclic) bond motifs is 3. The molecule has 1 aromatic carbocycles. The van der Waals surface area contributed by atoms with Crippen molar-refractivity contribution >= 4 is 10.9 Å². The van der Waals surface area contributed by atoms with Gasteiger partial charge in [-0.25, -0.2) is 0 Å². The number of nitrogens with zero attached hydrogens (tertiary/aromatic N) is 2. The highest BCUT2D eigenvalue weighted by Crippen LogP contribution is 2.25. The van der Waals surface area contributed by atoms with Crippen LogP contribution in [0, 0.1) is 0 Å². The molecule has 0 spiro atoms. The van der Waals surface area contributed by atoms with Gasteiger partial charge in [-0.1, -0.05) is 12.1 Å². The van der Waals surface area contributed by atoms with Gasteiger partial charge in [0.25, 0.3) is 5.88 Å². The van der Waals surface area contributed by atoms with Crippen molar-refractivity contribution in [3.63, 3.8) is 0 Å². The lowest BCUT2D eigenvalue weighted by Gasteiger charge is -1.84. The van der Waals surface area contributed by atoms with E-state index in [1.807, 2.05) is 24.3 Å². The SMILES string of the molecule is c1ccc2c3on-3ccnc2c1. The van der Waals surface area contributed by atoms with Gasteiger partial charge in [0.05, 0.1) is 17.1 Å². The van der Waals surface area contributed by atoms with E-state index in [2.05, 4.69) is 4.98 Å². The first-order valence-corrected chi connectivity index (χ1v) is 3.76. The number of benzene rings is 1. The van der Waals surface area contributed by atoms with Gasteiger partial charge in [0, 0.05) is 6.20 Å². The molecule has 0 radical (unpaired) electrons. The zero-order valence-electron chi connectivity index (χ0n) is 6.27. The highest BCUT2D eigenvalue weighted by Gasteiger charge is 2.14. The van der Waals surface area contributed by atoms with E-state index in [4.69, 9.17) is 4.52 Å². The number of aromatic nitrogens is 2. The smallest absolute Gasteiger partial charge is 0.270 e. The van der Waals surface area contributed by atoms with E-state index in [0.29, 0.717) is 0 Å². The Bertz CT molecular complexity index is 494. The second kappa shape index (κ2) is 1.88. The van der Waals surface area contributed by atoms with E-state index in [1.165, 1.54) is 0 Å². The first-order chi connectivity index (χ1) is 5.95. The van der Waals surface area contributed by atoms with Gasteiger partial charge in [0.2, 0.25) is 0 Å². The average molecular weight is 158 g/mol. The second-order valence-corrected chi connectivity index (χ2v) is 2.67. The van der Waals surface area contributed by atoms with Gasteiger partial charge in [-0.15, -0.1) is 4.74 Å². The molecule has 0 N–H and O–H groups in total. The van der Waals surface area contributed by atoms with E-state index >= 15 is 0 Å². The molecule has 0 saturated heterocycles. The Labute approximate surface area is 68.5 Å². The van der Waals surface area contributed by atoms with Crippen LogP contribution in [0.4, 0.5) is 0 Å². The summed E-state index contributed by atoms with van der Waals surface area (Å²) in [6, 6.07) is 7.92. The van der Waals surface area contributed by atoms with Crippen molar-refractivity contribution < 1.29 is 4.52 Å². The molecule has 0 aromatic heterocycles. The Morgan fingerprint density at radius 3 is 3.17 bits per heavy atom. The van der Waals surface area contributed by atoms with E-state index < -0.39 is 0 Å². The Balaban J connectivity index is 2.54. The van der Waals surface area contributed by atoms with Crippen molar-refractivity contribution in [1.29, 1.82) is 0 Å². The predicted molar refractivity (Wildman–Crippen MR) is 44.5 cm³/mol. The van der Waals surface area contributed by atoms with E-state index in [-0.39, 0.29) is 0 Å². The molecule has 3 heteroatoms. The number of hydrogen-bond donors (Lipinski definition) is 0. The first-order valence-electron chi connectivity index (χ1n) is 3.76. The molecule has 12 heavy (non-hydrogen) atoms. The predicted octanol–water partition coefficient (Wildman–Crippen LogP) is 2.06. The number of hydrogen-bond acceptors (Lipinski definition) is 2. The maximum Gasteiger partial charge on any atom is 0.270 e. The van der Waals surface area contributed by atoms with Crippen molar-refractivity contribution in [2.75, 3.05) is 0 Å². The van der Waals surface area contributed by atoms with E-state index in [9.17, 15) is 0 Å². The molecule has 3 rings (SSSR count). The van der Waals surface area contributed by atoms with Crippen molar-refractivity contribution in [2.45, 2.75) is 0 Å². The summed E-state index contributed by atoms with van der Waals surface area (Å²) in [5, 5.41) is 1.06. The van der Waals surface area contributed by atoms with Gasteiger partial charge in [0.15, 0.2) is 0 Å². The monoisotopic (exact) mass is 158 g/mol. The van der Waals surface area contributed by atoms with E-state index in [1.54, 1.807) is 17.1 Å². The summed E-state index contributed by atoms with van der Waals surface area (Å²) in [5.41, 5.74) is 0.962. The largest absolute Gasteiger partial charge is 0.350 e. The third-order valence-corrected chi connectivity index (χ3v) is 1.90. The molecule has 1 aromatic rings. The Hall–Kier alpha value is -1.77. The van der Waals surface area contributed by atoms with Crippen LogP contribution in [0.25, 0.3) is 16.8 Å². The molecular formula is C9H6N2O. The minimum atomic E-state index is 0.892. The fraction of sp³-hybridized carbons (Fsp3) is 0. The highest BCUT2D eigenvalue weighted by atomic mass is 16.6. The van der Waals surface area contributed by atoms with Crippen molar-refractivity contribution in [1.82, 2.24) is 9.72 Å². The van der Waals surface area contributed by atoms with Gasteiger partial charge in [-0.2, -0.15) is 0 Å². The maximum absolute atomic E-state index is 5.19. The number of para-hydroxylation sites is 1. The van der Waals surface area contributed by atoms with Crippen LogP contribution in [-0.2, 0) is 0 Å². The third kappa shape index (κ3) is 0.676. The van der Waals surface area contributed by atoms with Crippen molar-refractivity contribution in [2.24, 2.45) is 0 Å². The number of rotatable bonds is 0. The van der Waals surface area contributed by atoms with Crippen LogP contribution >= 0.6 is 0 Å². The quantitative estimate of drug-likeness (QED) is 0.501. The molecule has 0 bridgehead atoms. The third-order valence-electron chi connectivity index (χ3n) is 1.90. The fourth-order valence-corrected chi connectivity index (χ4v) is 1.28. The lowest BCUT2D eigenvalue weighted by atomic mass is 10.2. The fourth-order valence-electron chi connectivity index (χ4n) is 1.28. The van der Waals surface area contributed by atoms with E-state index in [0.717, 1.165) is 16.8 Å². The summed E-state index contributed by atoms with van der Waals surface area (Å²) in [7, 11) is 0. The average Bonchev–Trinajstić information content (AvgIpc) is 2.82. The molecule has 2 aliphatic rings. The van der Waals surface area contributed by atoms with Gasteiger partial charge in [-0.3, -0.25) is 4.98 Å². The van der Waals surface area contributed by atoms with Gasteiger partial charge in [-0.05, 0) is 12.1 Å². The van der Waals surface area contributed by atoms with Crippen LogP contribution in [0.1, 0.15) is 0 Å². The topological polar surface area (TPSA) is 31.0 Å². The first kappa shape index (κ1) is 5.83. The zero-order chi connectivity index (χ0) is 7.97. The summed E-state index contributed by atoms with van der Waals surface area (Å²) < 4.78 is 6.89. The molecule has 2 aliphatic heterocycles. The lowest BCUT2D eigenvalue weighted by Crippen LogP contribution is -1.69. The van der Waals surface area contributed by atoms with Crippen LogP contribution < -0.4 is 0 Å². The standard InChI is InChI=1S/C9H6N2O/c1-2-4-8-7(3-1)9-11(12-9)6-5-10-8/h1-6H. The summed E-state index contributed by atoms with van der Waals surface area (Å²) in [4.78, 5) is 4.24. The molecule has 0 unspecified atom stereocenters. The summed E-state index contributed by atoms with van der Waals surface area (Å²) in [5.74, 6) is 0.892. The Morgan fingerprint density at radius 1 is 1.25 bits per heavy atom. The van der Waals surface area contributed by atoms with Gasteiger partial charge < -0.3 is 4.52 Å². The van der Waals surface area contributed by atoms with Crippen LogP contribution in [0.3, 0.4) is 0 Å². The lowest BCUT2D eigenvalue weighted by molar-refractivity contribution is 0.571. The normalized spacial score (nSPS) is 11.3. The summed E-state index contributed by atoms with van der Waals surface area (Å²) in [6.07, 6.45) is 3.54. The van der Waals surface area contributed by atoms with Gasteiger partial charge >= 0.3 is 0 Å². The van der Waals surface area contributed by atoms with Crippen LogP contribution in [0.15, 0.2) is 41.2 Å². The van der Waals surface area contributed by atoms with Crippen molar-refractivity contribution in [3.8, 4) is 5.88 Å². The Kier molecular flexibility index (Phi) is 0.913. The van der Waals surface area contributed by atoms with Crippen molar-refractivity contribution in [3.05, 3.63) is 36.7 Å². The van der Waals surface area contributed by atoms with Crippen LogP contribution in [-0.4, -0.2) is 9.72 Å². The molecule has 0 atom stereocenters. The maximum atomic E-state index is 5.19. The molecular weight excluding hydrogens is 152 g/mol. The van der Waals surface area contributed by atoms with Gasteiger partial charge in [0.1, 0.15) is 0 Å².